The molecule has 14 heteroatoms. The monoisotopic (exact) mass is 736 g/mol. The molecule has 2 aliphatic rings. The van der Waals surface area contributed by atoms with Crippen molar-refractivity contribution in [2.45, 2.75) is 5.41 Å². The Bertz CT molecular complexity index is 3220. The Hall–Kier alpha value is -6.00. The van der Waals surface area contributed by atoms with Gasteiger partial charge in [-0.1, -0.05) is 125 Å². The first kappa shape index (κ1) is 37.0. The zero-order valence-corrected chi connectivity index (χ0v) is 32.0. The van der Waals surface area contributed by atoms with Gasteiger partial charge in [0.2, 0.25) is 5.95 Å². The molecule has 0 atom stereocenters. The number of aromatic nitrogens is 4. The van der Waals surface area contributed by atoms with Crippen molar-refractivity contribution in [1.29, 1.82) is 0 Å². The van der Waals surface area contributed by atoms with Crippen LogP contribution in [-0.4, -0.2) is 98.0 Å². The van der Waals surface area contributed by atoms with Gasteiger partial charge in [0.1, 0.15) is 78.5 Å². The minimum Gasteiger partial charge on any atom is -0.277 e. The van der Waals surface area contributed by atoms with E-state index in [0.29, 0.717) is 0 Å². The molecule has 0 saturated heterocycles. The molecule has 0 unspecified atom stereocenters. The molecule has 7 aromatic carbocycles. The van der Waals surface area contributed by atoms with Gasteiger partial charge in [-0.3, -0.25) is 4.57 Å². The van der Waals surface area contributed by atoms with Crippen LogP contribution < -0.4 is 54.6 Å². The van der Waals surface area contributed by atoms with Gasteiger partial charge in [-0.05, 0) is 45.0 Å². The second-order valence-electron chi connectivity index (χ2n) is 15.3. The van der Waals surface area contributed by atoms with Crippen molar-refractivity contribution in [1.82, 2.24) is 19.5 Å². The minimum atomic E-state index is -0.617. The average molecular weight is 735 g/mol. The van der Waals surface area contributed by atoms with Crippen molar-refractivity contribution >= 4 is 155 Å². The van der Waals surface area contributed by atoms with Gasteiger partial charge in [-0.25, -0.2) is 4.98 Å². The van der Waals surface area contributed by atoms with Crippen LogP contribution in [-0.2, 0) is 5.41 Å². The molecule has 0 amide bonds. The summed E-state index contributed by atoms with van der Waals surface area (Å²) < 4.78 is 2.02. The van der Waals surface area contributed by atoms with Crippen LogP contribution in [0.25, 0.3) is 72.8 Å². The van der Waals surface area contributed by atoms with E-state index in [1.54, 1.807) is 0 Å². The zero-order valence-electron chi connectivity index (χ0n) is 32.0. The third-order valence-electron chi connectivity index (χ3n) is 12.5. The van der Waals surface area contributed by atoms with Crippen molar-refractivity contribution in [3.05, 3.63) is 131 Å². The van der Waals surface area contributed by atoms with Gasteiger partial charge in [0, 0.05) is 27.5 Å². The van der Waals surface area contributed by atoms with Gasteiger partial charge in [-0.2, -0.15) is 9.97 Å². The third kappa shape index (κ3) is 4.63. The van der Waals surface area contributed by atoms with E-state index >= 15 is 0 Å². The largest absolute Gasteiger partial charge is 0.277 e. The van der Waals surface area contributed by atoms with Crippen LogP contribution in [0.3, 0.4) is 0 Å². The van der Waals surface area contributed by atoms with Gasteiger partial charge in [0.25, 0.3) is 0 Å². The Kier molecular flexibility index (Phi) is 8.02. The van der Waals surface area contributed by atoms with E-state index < -0.39 is 5.41 Å². The fourth-order valence-corrected chi connectivity index (χ4v) is 9.71. The first-order chi connectivity index (χ1) is 29.0. The summed E-state index contributed by atoms with van der Waals surface area (Å²) in [4.78, 5) is 15.1. The van der Waals surface area contributed by atoms with E-state index in [0.717, 1.165) is 38.5 Å². The lowest BCUT2D eigenvalue weighted by atomic mass is 9.60. The molecule has 9 aromatic rings. The molecule has 1 spiro atoms. The highest BCUT2D eigenvalue weighted by molar-refractivity contribution is 6.70. The second-order valence-corrected chi connectivity index (χ2v) is 15.3. The number of fused-ring (bicyclic) bond motifs is 14. The number of hydrogen-bond acceptors (Lipinski definition) is 3. The van der Waals surface area contributed by atoms with Gasteiger partial charge in [0.15, 0.2) is 11.6 Å². The molecule has 0 bridgehead atoms. The van der Waals surface area contributed by atoms with E-state index in [1.165, 1.54) is 27.8 Å². The molecule has 60 heavy (non-hydrogen) atoms. The smallest absolute Gasteiger partial charge is 0.238 e. The number of rotatable bonds is 3. The van der Waals surface area contributed by atoms with E-state index in [-0.39, 0.29) is 83.4 Å². The van der Waals surface area contributed by atoms with E-state index in [4.69, 9.17) is 93.4 Å². The Labute approximate surface area is 360 Å². The zero-order chi connectivity index (χ0) is 41.5. The maximum Gasteiger partial charge on any atom is 0.238 e. The van der Waals surface area contributed by atoms with E-state index in [2.05, 4.69) is 91.0 Å². The SMILES string of the molecule is [B]c1c([B])c([B])c(-c2nc(-c3c([B])c([B])c([B])c([B])c3[B])nc(-n3c4ccccc4c4ccc5c(c43)-c3ccccc3C53c4ccccc4-c4ccccc43)n2)c([B])c1[B]. The van der Waals surface area contributed by atoms with Gasteiger partial charge >= 0.3 is 0 Å². The first-order valence-electron chi connectivity index (χ1n) is 19.1. The molecular weight excluding hydrogens is 717 g/mol. The summed E-state index contributed by atoms with van der Waals surface area (Å²) in [5, 5.41) is 1.93. The maximum atomic E-state index is 6.67. The van der Waals surface area contributed by atoms with Crippen LogP contribution in [0.1, 0.15) is 22.3 Å². The van der Waals surface area contributed by atoms with Crippen LogP contribution >= 0.6 is 0 Å². The van der Waals surface area contributed by atoms with Crippen molar-refractivity contribution in [3.8, 4) is 51.0 Å². The topological polar surface area (TPSA) is 43.6 Å². The Morgan fingerprint density at radius 3 is 1.28 bits per heavy atom. The fraction of sp³-hybridized carbons (Fsp3) is 0.0217. The number of benzene rings is 7. The molecule has 252 valence electrons. The third-order valence-corrected chi connectivity index (χ3v) is 12.5. The van der Waals surface area contributed by atoms with Gasteiger partial charge in [-0.15, -0.1) is 32.8 Å². The summed E-state index contributed by atoms with van der Waals surface area (Å²) in [6.45, 7) is 0. The van der Waals surface area contributed by atoms with Crippen LogP contribution in [0.5, 0.6) is 0 Å². The summed E-state index contributed by atoms with van der Waals surface area (Å²) in [5.74, 6) is 0.219. The molecule has 20 radical (unpaired) electrons. The molecule has 2 heterocycles. The lowest BCUT2D eigenvalue weighted by molar-refractivity contribution is 0.794. The molecule has 4 nitrogen and oxygen atoms in total. The summed E-state index contributed by atoms with van der Waals surface area (Å²) in [6, 6.07) is 38.4. The van der Waals surface area contributed by atoms with Crippen molar-refractivity contribution in [3.63, 3.8) is 0 Å². The maximum absolute atomic E-state index is 6.67. The lowest BCUT2D eigenvalue weighted by Gasteiger charge is -2.30. The van der Waals surface area contributed by atoms with Crippen LogP contribution in [0.2, 0.25) is 0 Å². The average Bonchev–Trinajstić information content (AvgIpc) is 3.88. The highest BCUT2D eigenvalue weighted by Gasteiger charge is 2.52. The second kappa shape index (κ2) is 13.0. The quantitative estimate of drug-likeness (QED) is 0.210. The number of nitrogens with zero attached hydrogens (tertiary/aromatic N) is 4. The van der Waals surface area contributed by atoms with Crippen molar-refractivity contribution < 1.29 is 0 Å². The highest BCUT2D eigenvalue weighted by Crippen LogP contribution is 2.64. The number of para-hydroxylation sites is 1. The summed E-state index contributed by atoms with van der Waals surface area (Å²) in [7, 11) is 64.8. The first-order valence-corrected chi connectivity index (χ1v) is 19.1. The normalized spacial score (nSPS) is 13.1. The predicted molar refractivity (Wildman–Crippen MR) is 255 cm³/mol. The fourth-order valence-electron chi connectivity index (χ4n) is 9.71. The van der Waals surface area contributed by atoms with Gasteiger partial charge < -0.3 is 0 Å². The standard InChI is InChI=1S/C46H18B10N4/c47-32-30(33(48)37(52)40(55)36(32)51)43-57-44(31-34(49)38(53)41(56)39(54)35(31)50)59-45(58-43)60-28-16-8-4-11-21(28)22-17-18-27-29(42(22)60)23-12-3-7-15-26(23)46(27)24-13-5-1-9-19(24)20-10-2-6-14-25(20)46/h1-18H. The molecular formula is C46H18B10N4. The van der Waals surface area contributed by atoms with Crippen LogP contribution in [0, 0.1) is 0 Å². The Morgan fingerprint density at radius 1 is 0.350 bits per heavy atom. The van der Waals surface area contributed by atoms with Crippen molar-refractivity contribution in [2.24, 2.45) is 0 Å². The molecule has 0 saturated carbocycles. The van der Waals surface area contributed by atoms with Crippen molar-refractivity contribution in [2.75, 3.05) is 0 Å². The highest BCUT2D eigenvalue weighted by atomic mass is 15.2. The van der Waals surface area contributed by atoms with Gasteiger partial charge in [0.05, 0.1) is 16.4 Å². The molecule has 2 aliphatic carbocycles. The molecule has 0 fully saturated rings. The molecule has 0 N–H and O–H groups in total. The predicted octanol–water partition coefficient (Wildman–Crippen LogP) is -1.42. The summed E-state index contributed by atoms with van der Waals surface area (Å²) >= 11 is 0. The van der Waals surface area contributed by atoms with Crippen LogP contribution in [0.4, 0.5) is 0 Å². The lowest BCUT2D eigenvalue weighted by Crippen LogP contribution is -2.55. The number of hydrogen-bond donors (Lipinski definition) is 0. The molecule has 11 rings (SSSR count). The summed E-state index contributed by atoms with van der Waals surface area (Å²) in [6.07, 6.45) is 0. The molecule has 0 aliphatic heterocycles. The summed E-state index contributed by atoms with van der Waals surface area (Å²) in [5.41, 5.74) is 10.8. The Morgan fingerprint density at radius 2 is 0.767 bits per heavy atom. The Balaban J connectivity index is 1.32. The van der Waals surface area contributed by atoms with E-state index in [1.807, 2.05) is 22.8 Å². The van der Waals surface area contributed by atoms with E-state index in [9.17, 15) is 0 Å². The van der Waals surface area contributed by atoms with Crippen LogP contribution in [0.15, 0.2) is 109 Å². The molecule has 2 aromatic heterocycles. The minimum absolute atomic E-state index is 0.0187.